The van der Waals surface area contributed by atoms with Gasteiger partial charge in [-0.3, -0.25) is 0 Å². The van der Waals surface area contributed by atoms with Crippen LogP contribution in [0.2, 0.25) is 0 Å². The van der Waals surface area contributed by atoms with Gasteiger partial charge in [-0.1, -0.05) is 24.6 Å². The normalized spacial score (nSPS) is 27.4. The van der Waals surface area contributed by atoms with Crippen LogP contribution in [0.3, 0.4) is 0 Å². The summed E-state index contributed by atoms with van der Waals surface area (Å²) in [6.07, 6.45) is 5.49. The zero-order valence-corrected chi connectivity index (χ0v) is 12.5. The van der Waals surface area contributed by atoms with Gasteiger partial charge in [0.15, 0.2) is 0 Å². The Morgan fingerprint density at radius 2 is 1.90 bits per heavy atom. The number of hydrogen-bond acceptors (Lipinski definition) is 3. The first-order valence-electron chi connectivity index (χ1n) is 7.44. The van der Waals surface area contributed by atoms with Gasteiger partial charge in [-0.2, -0.15) is 4.31 Å². The van der Waals surface area contributed by atoms with Crippen molar-refractivity contribution in [3.05, 3.63) is 29.8 Å². The summed E-state index contributed by atoms with van der Waals surface area (Å²) in [4.78, 5) is 0.398. The molecule has 3 rings (SSSR count). The molecule has 2 fully saturated rings. The van der Waals surface area contributed by atoms with E-state index in [1.54, 1.807) is 16.4 Å². The smallest absolute Gasteiger partial charge is 0.243 e. The van der Waals surface area contributed by atoms with Crippen molar-refractivity contribution in [3.8, 4) is 0 Å². The molecule has 110 valence electrons. The van der Waals surface area contributed by atoms with Crippen molar-refractivity contribution in [1.29, 1.82) is 0 Å². The monoisotopic (exact) mass is 294 g/mol. The number of fused-ring (bicyclic) bond motifs is 1. The molecule has 4 nitrogen and oxygen atoms in total. The molecule has 0 amide bonds. The van der Waals surface area contributed by atoms with Crippen LogP contribution >= 0.6 is 0 Å². The minimum absolute atomic E-state index is 0.208. The minimum atomic E-state index is -3.41. The zero-order chi connectivity index (χ0) is 14.2. The Balaban J connectivity index is 1.98. The molecule has 0 bridgehead atoms. The molecule has 1 heterocycles. The predicted octanol–water partition coefficient (Wildman–Crippen LogP) is 2.10. The van der Waals surface area contributed by atoms with Gasteiger partial charge in [0.2, 0.25) is 10.0 Å². The van der Waals surface area contributed by atoms with Crippen LogP contribution in [0.5, 0.6) is 0 Å². The van der Waals surface area contributed by atoms with Crippen LogP contribution in [0.25, 0.3) is 0 Å². The number of hydrogen-bond donors (Lipinski definition) is 1. The second-order valence-electron chi connectivity index (χ2n) is 5.83. The summed E-state index contributed by atoms with van der Waals surface area (Å²) < 4.78 is 27.7. The Labute approximate surface area is 121 Å². The summed E-state index contributed by atoms with van der Waals surface area (Å²) in [7, 11) is -3.41. The quantitative estimate of drug-likeness (QED) is 0.928. The molecule has 1 aliphatic carbocycles. The number of nitrogens with two attached hydrogens (primary N) is 1. The van der Waals surface area contributed by atoms with Gasteiger partial charge in [-0.25, -0.2) is 8.42 Å². The highest BCUT2D eigenvalue weighted by atomic mass is 32.2. The van der Waals surface area contributed by atoms with E-state index < -0.39 is 10.0 Å². The third-order valence-electron chi connectivity index (χ3n) is 4.72. The van der Waals surface area contributed by atoms with Crippen LogP contribution in [-0.2, 0) is 16.6 Å². The average molecular weight is 294 g/mol. The van der Waals surface area contributed by atoms with Crippen molar-refractivity contribution in [2.75, 3.05) is 6.54 Å². The molecular formula is C15H22N2O2S. The SMILES string of the molecule is NCc1ccccc1S(=O)(=O)N1CCCC2CCCC21. The molecule has 0 radical (unpaired) electrons. The van der Waals surface area contributed by atoms with E-state index in [1.807, 2.05) is 12.1 Å². The number of sulfonamides is 1. The Hall–Kier alpha value is -0.910. The highest BCUT2D eigenvalue weighted by Gasteiger charge is 2.41. The molecule has 0 spiro atoms. The molecule has 1 aromatic rings. The van der Waals surface area contributed by atoms with Gasteiger partial charge in [-0.05, 0) is 43.2 Å². The molecule has 2 unspecified atom stereocenters. The molecular weight excluding hydrogens is 272 g/mol. The van der Waals surface area contributed by atoms with E-state index in [0.29, 0.717) is 22.9 Å². The molecule has 20 heavy (non-hydrogen) atoms. The standard InChI is InChI=1S/C15H22N2O2S/c16-11-13-5-1-2-9-15(13)20(18,19)17-10-4-7-12-6-3-8-14(12)17/h1-2,5,9,12,14H,3-4,6-8,10-11,16H2. The Morgan fingerprint density at radius 3 is 2.70 bits per heavy atom. The topological polar surface area (TPSA) is 63.4 Å². The Bertz CT molecular complexity index is 585. The molecule has 1 saturated heterocycles. The van der Waals surface area contributed by atoms with E-state index in [4.69, 9.17) is 5.73 Å². The van der Waals surface area contributed by atoms with Gasteiger partial charge in [0.05, 0.1) is 4.90 Å². The highest BCUT2D eigenvalue weighted by Crippen LogP contribution is 2.39. The van der Waals surface area contributed by atoms with E-state index in [1.165, 1.54) is 12.8 Å². The van der Waals surface area contributed by atoms with Gasteiger partial charge in [0.25, 0.3) is 0 Å². The molecule has 1 aromatic carbocycles. The lowest BCUT2D eigenvalue weighted by Gasteiger charge is -2.37. The summed E-state index contributed by atoms with van der Waals surface area (Å²) in [6.45, 7) is 0.916. The number of rotatable bonds is 3. The van der Waals surface area contributed by atoms with Crippen molar-refractivity contribution in [2.45, 2.75) is 49.6 Å². The van der Waals surface area contributed by atoms with Crippen molar-refractivity contribution in [2.24, 2.45) is 11.7 Å². The predicted molar refractivity (Wildman–Crippen MR) is 78.6 cm³/mol. The third kappa shape index (κ3) is 2.28. The van der Waals surface area contributed by atoms with E-state index in [0.717, 1.165) is 19.3 Å². The summed E-state index contributed by atoms with van der Waals surface area (Å²) in [5, 5.41) is 0. The second-order valence-corrected chi connectivity index (χ2v) is 7.69. The lowest BCUT2D eigenvalue weighted by Crippen LogP contribution is -2.46. The maximum Gasteiger partial charge on any atom is 0.243 e. The fourth-order valence-electron chi connectivity index (χ4n) is 3.76. The van der Waals surface area contributed by atoms with Gasteiger partial charge in [0, 0.05) is 19.1 Å². The van der Waals surface area contributed by atoms with E-state index in [-0.39, 0.29) is 12.6 Å². The minimum Gasteiger partial charge on any atom is -0.326 e. The average Bonchev–Trinajstić information content (AvgIpc) is 2.95. The molecule has 1 aliphatic heterocycles. The largest absolute Gasteiger partial charge is 0.326 e. The van der Waals surface area contributed by atoms with Gasteiger partial charge in [0.1, 0.15) is 0 Å². The molecule has 1 saturated carbocycles. The van der Waals surface area contributed by atoms with Gasteiger partial charge in [-0.15, -0.1) is 0 Å². The second kappa shape index (κ2) is 5.47. The zero-order valence-electron chi connectivity index (χ0n) is 11.7. The Kier molecular flexibility index (Phi) is 3.84. The van der Waals surface area contributed by atoms with Crippen molar-refractivity contribution < 1.29 is 8.42 Å². The van der Waals surface area contributed by atoms with Crippen LogP contribution in [0.15, 0.2) is 29.2 Å². The first-order valence-corrected chi connectivity index (χ1v) is 8.88. The number of nitrogens with zero attached hydrogens (tertiary/aromatic N) is 1. The number of piperidine rings is 1. The molecule has 2 aliphatic rings. The van der Waals surface area contributed by atoms with Crippen LogP contribution in [0.4, 0.5) is 0 Å². The van der Waals surface area contributed by atoms with Crippen molar-refractivity contribution in [3.63, 3.8) is 0 Å². The van der Waals surface area contributed by atoms with Gasteiger partial charge >= 0.3 is 0 Å². The van der Waals surface area contributed by atoms with Crippen LogP contribution in [0, 0.1) is 5.92 Å². The maximum atomic E-state index is 13.0. The molecule has 2 atom stereocenters. The molecule has 2 N–H and O–H groups in total. The van der Waals surface area contributed by atoms with Crippen LogP contribution in [0.1, 0.15) is 37.7 Å². The number of benzene rings is 1. The first kappa shape index (κ1) is 14.0. The van der Waals surface area contributed by atoms with E-state index >= 15 is 0 Å². The van der Waals surface area contributed by atoms with Gasteiger partial charge < -0.3 is 5.73 Å². The van der Waals surface area contributed by atoms with Crippen molar-refractivity contribution >= 4 is 10.0 Å². The first-order chi connectivity index (χ1) is 9.64. The summed E-state index contributed by atoms with van der Waals surface area (Å²) >= 11 is 0. The third-order valence-corrected chi connectivity index (χ3v) is 6.75. The fourth-order valence-corrected chi connectivity index (χ4v) is 5.75. The molecule has 5 heteroatoms. The lowest BCUT2D eigenvalue weighted by molar-refractivity contribution is 0.202. The lowest BCUT2D eigenvalue weighted by atomic mass is 9.94. The molecule has 0 aromatic heterocycles. The van der Waals surface area contributed by atoms with Crippen LogP contribution in [-0.4, -0.2) is 25.3 Å². The fraction of sp³-hybridized carbons (Fsp3) is 0.600. The summed E-state index contributed by atoms with van der Waals surface area (Å²) in [5.74, 6) is 0.559. The van der Waals surface area contributed by atoms with Crippen LogP contribution < -0.4 is 5.73 Å². The Morgan fingerprint density at radius 1 is 1.15 bits per heavy atom. The van der Waals surface area contributed by atoms with Crippen molar-refractivity contribution in [1.82, 2.24) is 4.31 Å². The highest BCUT2D eigenvalue weighted by molar-refractivity contribution is 7.89. The summed E-state index contributed by atoms with van der Waals surface area (Å²) in [6, 6.07) is 7.33. The van der Waals surface area contributed by atoms with E-state index in [9.17, 15) is 8.42 Å². The van der Waals surface area contributed by atoms with E-state index in [2.05, 4.69) is 0 Å². The maximum absolute atomic E-state index is 13.0. The summed E-state index contributed by atoms with van der Waals surface area (Å²) in [5.41, 5.74) is 6.42.